The predicted octanol–water partition coefficient (Wildman–Crippen LogP) is 5.40. The molecule has 0 spiro atoms. The fourth-order valence-corrected chi connectivity index (χ4v) is 5.43. The number of likely N-dealkylation sites (tertiary alicyclic amines) is 1. The van der Waals surface area contributed by atoms with Gasteiger partial charge in [-0.1, -0.05) is 50.6 Å². The predicted molar refractivity (Wildman–Crippen MR) is 110 cm³/mol. The summed E-state index contributed by atoms with van der Waals surface area (Å²) in [7, 11) is 0. The highest BCUT2D eigenvalue weighted by atomic mass is 16.2. The van der Waals surface area contributed by atoms with Gasteiger partial charge in [0.25, 0.3) is 5.91 Å². The zero-order chi connectivity index (χ0) is 18.8. The second kappa shape index (κ2) is 7.98. The molecule has 0 aromatic rings. The van der Waals surface area contributed by atoms with Crippen molar-refractivity contribution in [3.63, 3.8) is 0 Å². The van der Waals surface area contributed by atoms with Crippen LogP contribution in [0.5, 0.6) is 0 Å². The Bertz CT molecular complexity index is 628. The number of hydrogen-bond acceptors (Lipinski definition) is 1. The van der Waals surface area contributed by atoms with Gasteiger partial charge in [0.15, 0.2) is 0 Å². The maximum absolute atomic E-state index is 13.1. The van der Waals surface area contributed by atoms with E-state index < -0.39 is 0 Å². The van der Waals surface area contributed by atoms with Crippen molar-refractivity contribution in [3.8, 4) is 0 Å². The van der Waals surface area contributed by atoms with E-state index in [1.807, 2.05) is 6.08 Å². The Labute approximate surface area is 159 Å². The first-order valence-electron chi connectivity index (χ1n) is 10.4. The van der Waals surface area contributed by atoms with Gasteiger partial charge in [0.2, 0.25) is 0 Å². The first-order chi connectivity index (χ1) is 12.5. The smallest absolute Gasteiger partial charge is 0.253 e. The highest BCUT2D eigenvalue weighted by Crippen LogP contribution is 2.61. The highest BCUT2D eigenvalue weighted by Gasteiger charge is 2.58. The van der Waals surface area contributed by atoms with Crippen LogP contribution >= 0.6 is 0 Å². The summed E-state index contributed by atoms with van der Waals surface area (Å²) in [5.41, 5.74) is 2.06. The Balaban J connectivity index is 1.70. The molecule has 1 aliphatic heterocycles. The Morgan fingerprint density at radius 3 is 2.50 bits per heavy atom. The van der Waals surface area contributed by atoms with Crippen molar-refractivity contribution in [2.24, 2.45) is 35.5 Å². The van der Waals surface area contributed by atoms with E-state index in [9.17, 15) is 4.79 Å². The van der Waals surface area contributed by atoms with Gasteiger partial charge in [-0.15, -0.1) is 6.58 Å². The fourth-order valence-electron chi connectivity index (χ4n) is 5.43. The number of rotatable bonds is 7. The van der Waals surface area contributed by atoms with Crippen molar-refractivity contribution in [2.45, 2.75) is 46.5 Å². The fraction of sp³-hybridized carbons (Fsp3) is 0.625. The zero-order valence-corrected chi connectivity index (χ0v) is 16.8. The van der Waals surface area contributed by atoms with Crippen LogP contribution in [0.4, 0.5) is 0 Å². The van der Waals surface area contributed by atoms with Crippen molar-refractivity contribution in [1.29, 1.82) is 0 Å². The number of carbonyl (C=O) groups is 1. The second-order valence-corrected chi connectivity index (χ2v) is 8.72. The average Bonchev–Trinajstić information content (AvgIpc) is 3.31. The summed E-state index contributed by atoms with van der Waals surface area (Å²) in [5.74, 6) is 4.43. The van der Waals surface area contributed by atoms with Crippen LogP contribution in [0.1, 0.15) is 46.5 Å². The molecule has 0 N–H and O–H groups in total. The van der Waals surface area contributed by atoms with Crippen molar-refractivity contribution in [3.05, 3.63) is 48.6 Å². The minimum atomic E-state index is 0.151. The second-order valence-electron chi connectivity index (χ2n) is 8.72. The summed E-state index contributed by atoms with van der Waals surface area (Å²) >= 11 is 0. The van der Waals surface area contributed by atoms with Gasteiger partial charge < -0.3 is 4.90 Å². The SMILES string of the molecule is C=C/C(=C\C=C(\C)CCCC)C(=O)N1CC2C(C)C3CC3C(C=C)C2C1. The van der Waals surface area contributed by atoms with Crippen LogP contribution in [0.2, 0.25) is 0 Å². The lowest BCUT2D eigenvalue weighted by Crippen LogP contribution is -2.33. The van der Waals surface area contributed by atoms with Gasteiger partial charge in [0.1, 0.15) is 0 Å². The lowest BCUT2D eigenvalue weighted by Gasteiger charge is -2.35. The number of carbonyl (C=O) groups excluding carboxylic acids is 1. The molecule has 0 radical (unpaired) electrons. The molecule has 0 bridgehead atoms. The number of hydrogen-bond donors (Lipinski definition) is 0. The van der Waals surface area contributed by atoms with E-state index in [0.29, 0.717) is 17.8 Å². The summed E-state index contributed by atoms with van der Waals surface area (Å²) in [6, 6.07) is 0. The zero-order valence-electron chi connectivity index (χ0n) is 16.8. The molecule has 6 unspecified atom stereocenters. The summed E-state index contributed by atoms with van der Waals surface area (Å²) < 4.78 is 0. The lowest BCUT2D eigenvalue weighted by molar-refractivity contribution is -0.126. The van der Waals surface area contributed by atoms with Crippen LogP contribution in [0.25, 0.3) is 0 Å². The lowest BCUT2D eigenvalue weighted by atomic mass is 9.69. The first-order valence-corrected chi connectivity index (χ1v) is 10.4. The van der Waals surface area contributed by atoms with Gasteiger partial charge in [0, 0.05) is 18.7 Å². The minimum Gasteiger partial charge on any atom is -0.338 e. The average molecular weight is 354 g/mol. The van der Waals surface area contributed by atoms with Gasteiger partial charge in [-0.2, -0.15) is 0 Å². The first kappa shape index (κ1) is 19.2. The Morgan fingerprint density at radius 1 is 1.12 bits per heavy atom. The van der Waals surface area contributed by atoms with Gasteiger partial charge in [-0.25, -0.2) is 0 Å². The van der Waals surface area contributed by atoms with Gasteiger partial charge in [-0.05, 0) is 67.8 Å². The van der Waals surface area contributed by atoms with Crippen LogP contribution in [0, 0.1) is 35.5 Å². The topological polar surface area (TPSA) is 20.3 Å². The summed E-state index contributed by atoms with van der Waals surface area (Å²) in [5, 5.41) is 0. The Hall–Kier alpha value is -1.57. The molecule has 2 nitrogen and oxygen atoms in total. The largest absolute Gasteiger partial charge is 0.338 e. The van der Waals surface area contributed by atoms with Gasteiger partial charge in [0.05, 0.1) is 0 Å². The quantitative estimate of drug-likeness (QED) is 0.341. The van der Waals surface area contributed by atoms with E-state index in [1.54, 1.807) is 6.08 Å². The number of nitrogens with zero attached hydrogens (tertiary/aromatic N) is 1. The van der Waals surface area contributed by atoms with E-state index in [0.717, 1.165) is 42.8 Å². The van der Waals surface area contributed by atoms with Crippen LogP contribution in [0.15, 0.2) is 48.6 Å². The monoisotopic (exact) mass is 353 g/mol. The molecular weight excluding hydrogens is 318 g/mol. The third-order valence-electron chi connectivity index (χ3n) is 7.14. The summed E-state index contributed by atoms with van der Waals surface area (Å²) in [4.78, 5) is 15.2. The standard InChI is InChI=1S/C24H35NO/c1-6-9-10-16(4)11-12-18(7-2)24(26)25-14-22-17(5)20-13-21(20)19(8-3)23(22)15-25/h7-8,11-12,17,19-23H,2-3,6,9-10,13-15H2,1,4-5H3/b16-11-,18-12+. The van der Waals surface area contributed by atoms with Crippen LogP contribution in [0.3, 0.4) is 0 Å². The van der Waals surface area contributed by atoms with Crippen LogP contribution in [-0.4, -0.2) is 23.9 Å². The molecule has 26 heavy (non-hydrogen) atoms. The molecule has 2 saturated carbocycles. The molecular formula is C24H35NO. The molecule has 0 aromatic carbocycles. The molecule has 2 heteroatoms. The highest BCUT2D eigenvalue weighted by molar-refractivity contribution is 5.96. The third kappa shape index (κ3) is 3.61. The number of allylic oxidation sites excluding steroid dienone is 4. The summed E-state index contributed by atoms with van der Waals surface area (Å²) in [6.45, 7) is 16.5. The molecule has 6 atom stereocenters. The molecule has 2 aliphatic carbocycles. The van der Waals surface area contributed by atoms with Crippen LogP contribution in [-0.2, 0) is 4.79 Å². The third-order valence-corrected chi connectivity index (χ3v) is 7.14. The van der Waals surface area contributed by atoms with E-state index in [4.69, 9.17) is 0 Å². The van der Waals surface area contributed by atoms with E-state index in [1.165, 1.54) is 24.8 Å². The van der Waals surface area contributed by atoms with E-state index >= 15 is 0 Å². The molecule has 1 saturated heterocycles. The Kier molecular flexibility index (Phi) is 5.89. The molecule has 3 aliphatic rings. The Morgan fingerprint density at radius 2 is 1.85 bits per heavy atom. The van der Waals surface area contributed by atoms with Crippen LogP contribution < -0.4 is 0 Å². The molecule has 3 rings (SSSR count). The van der Waals surface area contributed by atoms with Crippen molar-refractivity contribution >= 4 is 5.91 Å². The molecule has 0 aromatic heterocycles. The number of unbranched alkanes of at least 4 members (excludes halogenated alkanes) is 1. The normalized spacial score (nSPS) is 36.3. The maximum atomic E-state index is 13.1. The maximum Gasteiger partial charge on any atom is 0.253 e. The minimum absolute atomic E-state index is 0.151. The number of amides is 1. The number of fused-ring (bicyclic) bond motifs is 2. The summed E-state index contributed by atoms with van der Waals surface area (Å²) in [6.07, 6.45) is 12.8. The molecule has 142 valence electrons. The molecule has 3 fully saturated rings. The molecule has 1 amide bonds. The van der Waals surface area contributed by atoms with Crippen molar-refractivity contribution < 1.29 is 4.79 Å². The van der Waals surface area contributed by atoms with E-state index in [2.05, 4.69) is 51.0 Å². The van der Waals surface area contributed by atoms with Crippen molar-refractivity contribution in [1.82, 2.24) is 4.90 Å². The van der Waals surface area contributed by atoms with E-state index in [-0.39, 0.29) is 5.91 Å². The van der Waals surface area contributed by atoms with Crippen molar-refractivity contribution in [2.75, 3.05) is 13.1 Å². The van der Waals surface area contributed by atoms with Gasteiger partial charge >= 0.3 is 0 Å². The molecule has 1 heterocycles. The van der Waals surface area contributed by atoms with Gasteiger partial charge in [-0.3, -0.25) is 4.79 Å².